The van der Waals surface area contributed by atoms with Crippen LogP contribution in [-0.4, -0.2) is 34.9 Å². The quantitative estimate of drug-likeness (QED) is 0.835. The Hall–Kier alpha value is -1.41. The molecule has 2 N–H and O–H groups in total. The smallest absolute Gasteiger partial charge is 0.154 e. The SMILES string of the molecule is Cl.Cl.NC1=NC[C@H]2COC[C@]2(c2ccc(F)c(-c3cncnc3)c2)S1. The number of rotatable bonds is 2. The summed E-state index contributed by atoms with van der Waals surface area (Å²) in [7, 11) is 0. The number of aliphatic imine (C=N–C) groups is 1. The van der Waals surface area contributed by atoms with Gasteiger partial charge in [-0.2, -0.15) is 0 Å². The number of aromatic nitrogens is 2. The number of amidine groups is 1. The van der Waals surface area contributed by atoms with Crippen LogP contribution in [0.25, 0.3) is 11.1 Å². The summed E-state index contributed by atoms with van der Waals surface area (Å²) in [6.45, 7) is 1.83. The molecule has 0 bridgehead atoms. The fraction of sp³-hybridized carbons (Fsp3) is 0.312. The van der Waals surface area contributed by atoms with Gasteiger partial charge in [0.1, 0.15) is 12.1 Å². The number of hydrogen-bond donors (Lipinski definition) is 1. The molecule has 2 aliphatic rings. The van der Waals surface area contributed by atoms with Crippen LogP contribution < -0.4 is 5.73 Å². The molecule has 1 aromatic carbocycles. The lowest BCUT2D eigenvalue weighted by atomic mass is 9.86. The maximum atomic E-state index is 14.3. The highest BCUT2D eigenvalue weighted by atomic mass is 35.5. The van der Waals surface area contributed by atoms with E-state index in [1.807, 2.05) is 12.1 Å². The zero-order chi connectivity index (χ0) is 15.9. The first-order chi connectivity index (χ1) is 11.2. The molecular formula is C16H17Cl2FN4OS. The van der Waals surface area contributed by atoms with Crippen LogP contribution in [0.2, 0.25) is 0 Å². The van der Waals surface area contributed by atoms with E-state index in [0.29, 0.717) is 36.1 Å². The topological polar surface area (TPSA) is 73.4 Å². The number of thioether (sulfide) groups is 1. The van der Waals surface area contributed by atoms with Crippen molar-refractivity contribution >= 4 is 41.7 Å². The van der Waals surface area contributed by atoms with Crippen molar-refractivity contribution in [3.8, 4) is 11.1 Å². The van der Waals surface area contributed by atoms with Gasteiger partial charge in [0.25, 0.3) is 0 Å². The van der Waals surface area contributed by atoms with Crippen molar-refractivity contribution in [1.82, 2.24) is 9.97 Å². The third-order valence-corrected chi connectivity index (χ3v) is 5.77. The van der Waals surface area contributed by atoms with E-state index in [9.17, 15) is 4.39 Å². The predicted molar refractivity (Wildman–Crippen MR) is 102 cm³/mol. The molecule has 134 valence electrons. The first kappa shape index (κ1) is 19.9. The number of benzene rings is 1. The van der Waals surface area contributed by atoms with E-state index in [0.717, 1.165) is 5.56 Å². The van der Waals surface area contributed by atoms with Crippen LogP contribution in [0.15, 0.2) is 41.9 Å². The van der Waals surface area contributed by atoms with Gasteiger partial charge in [-0.25, -0.2) is 14.4 Å². The number of halogens is 3. The minimum Gasteiger partial charge on any atom is -0.379 e. The summed E-state index contributed by atoms with van der Waals surface area (Å²) in [5.41, 5.74) is 8.10. The summed E-state index contributed by atoms with van der Waals surface area (Å²) < 4.78 is 19.7. The van der Waals surface area contributed by atoms with Crippen LogP contribution in [0.5, 0.6) is 0 Å². The summed E-state index contributed by atoms with van der Waals surface area (Å²) in [5.74, 6) is -0.0528. The Morgan fingerprint density at radius 3 is 2.76 bits per heavy atom. The Balaban J connectivity index is 0.00000113. The molecule has 1 fully saturated rings. The number of ether oxygens (including phenoxy) is 1. The van der Waals surface area contributed by atoms with Gasteiger partial charge in [0, 0.05) is 36.0 Å². The molecule has 9 heteroatoms. The average molecular weight is 403 g/mol. The van der Waals surface area contributed by atoms with Crippen LogP contribution in [0.1, 0.15) is 5.56 Å². The van der Waals surface area contributed by atoms with E-state index in [2.05, 4.69) is 15.0 Å². The number of nitrogens with two attached hydrogens (primary N) is 1. The van der Waals surface area contributed by atoms with Crippen molar-refractivity contribution < 1.29 is 9.13 Å². The number of nitrogens with zero attached hydrogens (tertiary/aromatic N) is 3. The molecule has 1 aromatic heterocycles. The van der Waals surface area contributed by atoms with Gasteiger partial charge in [-0.05, 0) is 17.7 Å². The minimum atomic E-state index is -0.302. The summed E-state index contributed by atoms with van der Waals surface area (Å²) in [4.78, 5) is 12.3. The van der Waals surface area contributed by atoms with Crippen molar-refractivity contribution in [2.24, 2.45) is 16.6 Å². The maximum absolute atomic E-state index is 14.3. The largest absolute Gasteiger partial charge is 0.379 e. The lowest BCUT2D eigenvalue weighted by molar-refractivity contribution is 0.183. The van der Waals surface area contributed by atoms with Crippen molar-refractivity contribution in [2.75, 3.05) is 19.8 Å². The first-order valence-electron chi connectivity index (χ1n) is 7.31. The molecule has 0 unspecified atom stereocenters. The van der Waals surface area contributed by atoms with E-state index in [-0.39, 0.29) is 41.3 Å². The van der Waals surface area contributed by atoms with Crippen molar-refractivity contribution in [3.05, 3.63) is 48.3 Å². The lowest BCUT2D eigenvalue weighted by Gasteiger charge is -2.35. The maximum Gasteiger partial charge on any atom is 0.154 e. The van der Waals surface area contributed by atoms with Gasteiger partial charge >= 0.3 is 0 Å². The standard InChI is InChI=1S/C16H15FN4OS.2ClH/c17-14-2-1-11(3-13(14)10-4-19-9-20-5-10)16-8-22-7-12(16)6-21-15(18)23-16;;/h1-5,9,12H,6-8H2,(H2,18,21);2*1H/t12-,16+;;/m0../s1. The Bertz CT molecular complexity index is 780. The van der Waals surface area contributed by atoms with E-state index in [1.165, 1.54) is 24.2 Å². The highest BCUT2D eigenvalue weighted by Gasteiger charge is 2.49. The molecule has 0 radical (unpaired) electrons. The Morgan fingerprint density at radius 2 is 2.00 bits per heavy atom. The third kappa shape index (κ3) is 3.46. The lowest BCUT2D eigenvalue weighted by Crippen LogP contribution is -2.39. The van der Waals surface area contributed by atoms with Crippen LogP contribution in [0.4, 0.5) is 4.39 Å². The molecule has 2 atom stereocenters. The molecule has 0 aliphatic carbocycles. The second-order valence-electron chi connectivity index (χ2n) is 5.70. The summed E-state index contributed by atoms with van der Waals surface area (Å²) >= 11 is 1.52. The summed E-state index contributed by atoms with van der Waals surface area (Å²) in [6.07, 6.45) is 4.65. The molecule has 0 amide bonds. The van der Waals surface area contributed by atoms with Gasteiger partial charge in [-0.3, -0.25) is 4.99 Å². The van der Waals surface area contributed by atoms with Gasteiger partial charge in [0.05, 0.1) is 18.0 Å². The minimum absolute atomic E-state index is 0. The molecule has 0 spiro atoms. The fourth-order valence-corrected chi connectivity index (χ4v) is 4.37. The zero-order valence-corrected chi connectivity index (χ0v) is 15.5. The van der Waals surface area contributed by atoms with Gasteiger partial charge in [-0.15, -0.1) is 24.8 Å². The molecule has 4 rings (SSSR count). The van der Waals surface area contributed by atoms with Crippen molar-refractivity contribution in [1.29, 1.82) is 0 Å². The van der Waals surface area contributed by atoms with Crippen LogP contribution in [-0.2, 0) is 9.48 Å². The normalized spacial score (nSPS) is 24.5. The van der Waals surface area contributed by atoms with Crippen LogP contribution in [0, 0.1) is 11.7 Å². The molecule has 2 aromatic rings. The third-order valence-electron chi connectivity index (χ3n) is 4.38. The van der Waals surface area contributed by atoms with Gasteiger partial charge in [-0.1, -0.05) is 17.8 Å². The molecule has 3 heterocycles. The number of fused-ring (bicyclic) bond motifs is 1. The first-order valence-corrected chi connectivity index (χ1v) is 8.13. The highest BCUT2D eigenvalue weighted by molar-refractivity contribution is 8.14. The monoisotopic (exact) mass is 402 g/mol. The summed E-state index contributed by atoms with van der Waals surface area (Å²) in [6, 6.07) is 5.17. The Kier molecular flexibility index (Phi) is 6.26. The molecule has 0 saturated carbocycles. The highest BCUT2D eigenvalue weighted by Crippen LogP contribution is 2.50. The van der Waals surface area contributed by atoms with Crippen molar-refractivity contribution in [3.63, 3.8) is 0 Å². The van der Waals surface area contributed by atoms with Gasteiger partial charge in [0.15, 0.2) is 5.17 Å². The van der Waals surface area contributed by atoms with Crippen LogP contribution >= 0.6 is 36.6 Å². The van der Waals surface area contributed by atoms with E-state index < -0.39 is 0 Å². The predicted octanol–water partition coefficient (Wildman–Crippen LogP) is 3.03. The van der Waals surface area contributed by atoms with E-state index >= 15 is 0 Å². The molecule has 2 aliphatic heterocycles. The van der Waals surface area contributed by atoms with Crippen LogP contribution in [0.3, 0.4) is 0 Å². The summed E-state index contributed by atoms with van der Waals surface area (Å²) in [5, 5.41) is 0.556. The fourth-order valence-electron chi connectivity index (χ4n) is 3.16. The zero-order valence-electron chi connectivity index (χ0n) is 13.1. The Labute approximate surface area is 161 Å². The van der Waals surface area contributed by atoms with Gasteiger partial charge in [0.2, 0.25) is 0 Å². The number of hydrogen-bond acceptors (Lipinski definition) is 6. The molecular weight excluding hydrogens is 386 g/mol. The second kappa shape index (κ2) is 7.86. The van der Waals surface area contributed by atoms with Gasteiger partial charge < -0.3 is 10.5 Å². The van der Waals surface area contributed by atoms with E-state index in [4.69, 9.17) is 10.5 Å². The molecule has 1 saturated heterocycles. The molecule has 5 nitrogen and oxygen atoms in total. The van der Waals surface area contributed by atoms with E-state index in [1.54, 1.807) is 12.4 Å². The average Bonchev–Trinajstić information content (AvgIpc) is 3.00. The molecule has 25 heavy (non-hydrogen) atoms. The second-order valence-corrected chi connectivity index (χ2v) is 7.06. The Morgan fingerprint density at radius 1 is 1.24 bits per heavy atom. The van der Waals surface area contributed by atoms with Crippen molar-refractivity contribution in [2.45, 2.75) is 4.75 Å².